The summed E-state index contributed by atoms with van der Waals surface area (Å²) in [5.74, 6) is -2.65. The lowest BCUT2D eigenvalue weighted by atomic mass is 9.76. The molecule has 2 aromatic carbocycles. The molecule has 3 nitrogen and oxygen atoms in total. The van der Waals surface area contributed by atoms with Gasteiger partial charge in [-0.05, 0) is 43.0 Å². The van der Waals surface area contributed by atoms with E-state index in [1.807, 2.05) is 44.2 Å². The van der Waals surface area contributed by atoms with Crippen LogP contribution in [0.3, 0.4) is 0 Å². The number of benzene rings is 2. The van der Waals surface area contributed by atoms with Gasteiger partial charge < -0.3 is 5.32 Å². The van der Waals surface area contributed by atoms with Crippen molar-refractivity contribution >= 4 is 9.84 Å². The fraction of sp³-hybridized carbons (Fsp3) is 0.429. The van der Waals surface area contributed by atoms with E-state index in [9.17, 15) is 17.2 Å². The fourth-order valence-corrected chi connectivity index (χ4v) is 4.20. The molecule has 3 rings (SSSR count). The summed E-state index contributed by atoms with van der Waals surface area (Å²) >= 11 is 0. The van der Waals surface area contributed by atoms with Gasteiger partial charge in [0.2, 0.25) is 5.92 Å². The van der Waals surface area contributed by atoms with Crippen molar-refractivity contribution < 1.29 is 17.2 Å². The molecule has 2 atom stereocenters. The highest BCUT2D eigenvalue weighted by molar-refractivity contribution is 7.90. The van der Waals surface area contributed by atoms with Crippen LogP contribution < -0.4 is 5.32 Å². The average molecular weight is 393 g/mol. The monoisotopic (exact) mass is 393 g/mol. The molecule has 27 heavy (non-hydrogen) atoms. The zero-order valence-corrected chi connectivity index (χ0v) is 16.6. The topological polar surface area (TPSA) is 46.2 Å². The summed E-state index contributed by atoms with van der Waals surface area (Å²) in [6.45, 7) is 3.91. The quantitative estimate of drug-likeness (QED) is 0.785. The van der Waals surface area contributed by atoms with Crippen LogP contribution in [-0.4, -0.2) is 26.6 Å². The Morgan fingerprint density at radius 3 is 2.26 bits per heavy atom. The standard InChI is InChI=1S/C21H25F2NO2S/c1-14-7-9-16(10-8-14)20(24-15(2)18-12-21(22,23)13-18)17-5-4-6-19(11-17)27(3,25)26/h4-11,15,18,20,24H,12-13H2,1-3H3. The lowest BCUT2D eigenvalue weighted by molar-refractivity contribution is -0.118. The summed E-state index contributed by atoms with van der Waals surface area (Å²) < 4.78 is 50.4. The zero-order valence-electron chi connectivity index (χ0n) is 15.7. The predicted octanol–water partition coefficient (Wildman–Crippen LogP) is 4.51. The van der Waals surface area contributed by atoms with Crippen LogP contribution in [0.2, 0.25) is 0 Å². The van der Waals surface area contributed by atoms with Gasteiger partial charge in [-0.25, -0.2) is 17.2 Å². The average Bonchev–Trinajstić information content (AvgIpc) is 2.57. The molecule has 6 heteroatoms. The smallest absolute Gasteiger partial charge is 0.248 e. The van der Waals surface area contributed by atoms with Gasteiger partial charge in [0.1, 0.15) is 0 Å². The van der Waals surface area contributed by atoms with Gasteiger partial charge in [-0.2, -0.15) is 0 Å². The molecule has 0 spiro atoms. The van der Waals surface area contributed by atoms with Crippen molar-refractivity contribution in [1.82, 2.24) is 5.32 Å². The molecule has 0 amide bonds. The van der Waals surface area contributed by atoms with E-state index in [0.717, 1.165) is 16.7 Å². The third kappa shape index (κ3) is 4.74. The third-order valence-corrected chi connectivity index (χ3v) is 6.40. The van der Waals surface area contributed by atoms with Gasteiger partial charge >= 0.3 is 0 Å². The number of nitrogens with one attached hydrogen (secondary N) is 1. The van der Waals surface area contributed by atoms with Gasteiger partial charge in [-0.1, -0.05) is 42.0 Å². The minimum absolute atomic E-state index is 0.0916. The Kier molecular flexibility index (Phi) is 5.41. The second-order valence-corrected chi connectivity index (χ2v) is 9.68. The second-order valence-electron chi connectivity index (χ2n) is 7.67. The fourth-order valence-electron chi connectivity index (χ4n) is 3.53. The Morgan fingerprint density at radius 1 is 1.07 bits per heavy atom. The summed E-state index contributed by atoms with van der Waals surface area (Å²) in [6, 6.07) is 14.4. The first kappa shape index (κ1) is 20.0. The van der Waals surface area contributed by atoms with E-state index < -0.39 is 15.8 Å². The number of hydrogen-bond donors (Lipinski definition) is 1. The van der Waals surface area contributed by atoms with Gasteiger partial charge in [0.05, 0.1) is 10.9 Å². The van der Waals surface area contributed by atoms with Crippen LogP contribution in [0.5, 0.6) is 0 Å². The molecule has 0 aromatic heterocycles. The van der Waals surface area contributed by atoms with Crippen molar-refractivity contribution in [3.8, 4) is 0 Å². The Bertz CT molecular complexity index is 902. The van der Waals surface area contributed by atoms with Gasteiger partial charge in [0.25, 0.3) is 0 Å². The second kappa shape index (κ2) is 7.32. The van der Waals surface area contributed by atoms with Crippen LogP contribution in [0.25, 0.3) is 0 Å². The Balaban J connectivity index is 1.92. The summed E-state index contributed by atoms with van der Waals surface area (Å²) in [4.78, 5) is 0.252. The largest absolute Gasteiger partial charge is 0.303 e. The maximum atomic E-state index is 13.3. The molecule has 0 saturated heterocycles. The molecule has 0 bridgehead atoms. The van der Waals surface area contributed by atoms with E-state index in [-0.39, 0.29) is 35.7 Å². The van der Waals surface area contributed by atoms with E-state index in [0.29, 0.717) is 0 Å². The molecule has 0 aliphatic heterocycles. The minimum Gasteiger partial charge on any atom is -0.303 e. The van der Waals surface area contributed by atoms with Crippen molar-refractivity contribution in [3.63, 3.8) is 0 Å². The lowest BCUT2D eigenvalue weighted by Crippen LogP contribution is -2.47. The van der Waals surface area contributed by atoms with E-state index in [1.54, 1.807) is 18.2 Å². The van der Waals surface area contributed by atoms with Crippen LogP contribution in [0.15, 0.2) is 53.4 Å². The normalized spacial score (nSPS) is 19.3. The Labute approximate surface area is 159 Å². The van der Waals surface area contributed by atoms with Crippen LogP contribution in [0, 0.1) is 12.8 Å². The summed E-state index contributed by atoms with van der Waals surface area (Å²) in [5, 5.41) is 3.46. The highest BCUT2D eigenvalue weighted by Gasteiger charge is 2.47. The van der Waals surface area contributed by atoms with Crippen molar-refractivity contribution in [2.24, 2.45) is 5.92 Å². The Morgan fingerprint density at radius 2 is 1.70 bits per heavy atom. The summed E-state index contributed by atoms with van der Waals surface area (Å²) in [6.07, 6.45) is 0.968. The molecule has 146 valence electrons. The highest BCUT2D eigenvalue weighted by atomic mass is 32.2. The van der Waals surface area contributed by atoms with Crippen molar-refractivity contribution in [1.29, 1.82) is 0 Å². The number of rotatable bonds is 6. The van der Waals surface area contributed by atoms with Crippen LogP contribution in [0.1, 0.15) is 42.5 Å². The summed E-state index contributed by atoms with van der Waals surface area (Å²) in [7, 11) is -3.33. The van der Waals surface area contributed by atoms with Crippen molar-refractivity contribution in [2.75, 3.05) is 6.26 Å². The van der Waals surface area contributed by atoms with Crippen LogP contribution >= 0.6 is 0 Å². The van der Waals surface area contributed by atoms with E-state index >= 15 is 0 Å². The number of sulfone groups is 1. The maximum absolute atomic E-state index is 13.3. The van der Waals surface area contributed by atoms with Crippen LogP contribution in [-0.2, 0) is 9.84 Å². The van der Waals surface area contributed by atoms with Gasteiger partial charge in [0, 0.05) is 25.1 Å². The number of halogens is 2. The molecule has 1 N–H and O–H groups in total. The van der Waals surface area contributed by atoms with Gasteiger partial charge in [-0.15, -0.1) is 0 Å². The number of aryl methyl sites for hydroxylation is 1. The SMILES string of the molecule is Cc1ccc(C(NC(C)C2CC(F)(F)C2)c2cccc(S(C)(=O)=O)c2)cc1. The minimum atomic E-state index is -3.33. The molecular weight excluding hydrogens is 368 g/mol. The molecule has 1 fully saturated rings. The molecule has 0 heterocycles. The first-order valence-electron chi connectivity index (χ1n) is 9.06. The molecule has 2 unspecified atom stereocenters. The molecule has 1 saturated carbocycles. The van der Waals surface area contributed by atoms with Crippen LogP contribution in [0.4, 0.5) is 8.78 Å². The summed E-state index contributed by atoms with van der Waals surface area (Å²) in [5.41, 5.74) is 2.90. The maximum Gasteiger partial charge on any atom is 0.248 e. The number of alkyl halides is 2. The molecule has 2 aromatic rings. The van der Waals surface area contributed by atoms with Crippen molar-refractivity contribution in [3.05, 3.63) is 65.2 Å². The molecular formula is C21H25F2NO2S. The first-order valence-corrected chi connectivity index (χ1v) is 10.9. The highest BCUT2D eigenvalue weighted by Crippen LogP contribution is 2.44. The Hall–Kier alpha value is -1.79. The van der Waals surface area contributed by atoms with E-state index in [1.165, 1.54) is 6.26 Å². The predicted molar refractivity (Wildman–Crippen MR) is 103 cm³/mol. The van der Waals surface area contributed by atoms with E-state index in [4.69, 9.17) is 0 Å². The molecule has 1 aliphatic rings. The van der Waals surface area contributed by atoms with Crippen molar-refractivity contribution in [2.45, 2.75) is 49.6 Å². The molecule has 0 radical (unpaired) electrons. The van der Waals surface area contributed by atoms with E-state index in [2.05, 4.69) is 5.32 Å². The van der Waals surface area contributed by atoms with Gasteiger partial charge in [0.15, 0.2) is 9.84 Å². The number of hydrogen-bond acceptors (Lipinski definition) is 3. The van der Waals surface area contributed by atoms with Gasteiger partial charge in [-0.3, -0.25) is 0 Å². The third-order valence-electron chi connectivity index (χ3n) is 5.29. The molecule has 1 aliphatic carbocycles. The first-order chi connectivity index (χ1) is 12.5. The lowest BCUT2D eigenvalue weighted by Gasteiger charge is -2.40. The zero-order chi connectivity index (χ0) is 19.8.